The summed E-state index contributed by atoms with van der Waals surface area (Å²) in [6.07, 6.45) is -2.77. The van der Waals surface area contributed by atoms with Gasteiger partial charge in [0.05, 0.1) is 7.11 Å². The number of methoxy groups -OCH3 is 1. The van der Waals surface area contributed by atoms with Crippen LogP contribution in [0.3, 0.4) is 0 Å². The van der Waals surface area contributed by atoms with Gasteiger partial charge in [-0.1, -0.05) is 0 Å². The predicted octanol–water partition coefficient (Wildman–Crippen LogP) is 0.563. The molecule has 1 heterocycles. The zero-order valence-corrected chi connectivity index (χ0v) is 13.9. The average molecular weight is 330 g/mol. The van der Waals surface area contributed by atoms with Crippen LogP contribution in [0.25, 0.3) is 0 Å². The minimum Gasteiger partial charge on any atom is -0.469 e. The number of ether oxygens (including phenoxy) is 5. The molecule has 0 amide bonds. The Morgan fingerprint density at radius 2 is 1.57 bits per heavy atom. The minimum atomic E-state index is -0.947. The molecule has 0 aromatic rings. The van der Waals surface area contributed by atoms with Gasteiger partial charge in [-0.05, 0) is 13.8 Å². The second kappa shape index (κ2) is 6.45. The van der Waals surface area contributed by atoms with E-state index in [1.807, 2.05) is 0 Å². The van der Waals surface area contributed by atoms with Crippen molar-refractivity contribution < 1.29 is 38.1 Å². The van der Waals surface area contributed by atoms with E-state index in [9.17, 15) is 14.4 Å². The number of carbonyl (C=O) groups excluding carboxylic acids is 3. The van der Waals surface area contributed by atoms with Crippen molar-refractivity contribution in [2.45, 2.75) is 64.3 Å². The summed E-state index contributed by atoms with van der Waals surface area (Å²) < 4.78 is 27.0. The van der Waals surface area contributed by atoms with Crippen LogP contribution in [0.4, 0.5) is 0 Å². The summed E-state index contributed by atoms with van der Waals surface area (Å²) in [7, 11) is 1.25. The maximum absolute atomic E-state index is 12.1. The first kappa shape index (κ1) is 17.7. The van der Waals surface area contributed by atoms with Gasteiger partial charge in [-0.2, -0.15) is 0 Å². The van der Waals surface area contributed by atoms with Gasteiger partial charge in [0.25, 0.3) is 0 Å². The van der Waals surface area contributed by atoms with E-state index < -0.39 is 54.0 Å². The van der Waals surface area contributed by atoms with E-state index in [-0.39, 0.29) is 6.42 Å². The normalized spacial score (nSPS) is 35.1. The largest absolute Gasteiger partial charge is 0.469 e. The lowest BCUT2D eigenvalue weighted by Crippen LogP contribution is -2.56. The van der Waals surface area contributed by atoms with Crippen molar-refractivity contribution in [2.24, 2.45) is 5.92 Å². The zero-order valence-electron chi connectivity index (χ0n) is 13.9. The molecule has 5 unspecified atom stereocenters. The first-order chi connectivity index (χ1) is 10.6. The van der Waals surface area contributed by atoms with Crippen LogP contribution >= 0.6 is 0 Å². The molecule has 8 nitrogen and oxygen atoms in total. The summed E-state index contributed by atoms with van der Waals surface area (Å²) in [5.41, 5.74) is 0. The number of hydrogen-bond acceptors (Lipinski definition) is 8. The fourth-order valence-corrected chi connectivity index (χ4v) is 3.16. The van der Waals surface area contributed by atoms with Crippen LogP contribution in [0, 0.1) is 5.92 Å². The van der Waals surface area contributed by atoms with Crippen molar-refractivity contribution in [3.05, 3.63) is 0 Å². The van der Waals surface area contributed by atoms with Gasteiger partial charge in [0, 0.05) is 20.3 Å². The Hall–Kier alpha value is -1.67. The van der Waals surface area contributed by atoms with E-state index >= 15 is 0 Å². The maximum atomic E-state index is 12.1. The van der Waals surface area contributed by atoms with Crippen molar-refractivity contribution >= 4 is 17.9 Å². The highest BCUT2D eigenvalue weighted by atomic mass is 16.8. The Morgan fingerprint density at radius 1 is 1.00 bits per heavy atom. The average Bonchev–Trinajstić information content (AvgIpc) is 2.75. The third kappa shape index (κ3) is 3.81. The van der Waals surface area contributed by atoms with Crippen LogP contribution < -0.4 is 0 Å². The fourth-order valence-electron chi connectivity index (χ4n) is 3.16. The highest BCUT2D eigenvalue weighted by Gasteiger charge is 2.58. The third-order valence-corrected chi connectivity index (χ3v) is 3.86. The second-order valence-electron chi connectivity index (χ2n) is 6.15. The quantitative estimate of drug-likeness (QED) is 0.547. The van der Waals surface area contributed by atoms with Gasteiger partial charge >= 0.3 is 17.9 Å². The number of fused-ring (bicyclic) bond motifs is 1. The summed E-state index contributed by atoms with van der Waals surface area (Å²) in [6, 6.07) is 0. The summed E-state index contributed by atoms with van der Waals surface area (Å²) in [4.78, 5) is 34.9. The molecular formula is C15H22O8. The van der Waals surface area contributed by atoms with E-state index in [0.29, 0.717) is 0 Å². The van der Waals surface area contributed by atoms with E-state index in [4.69, 9.17) is 23.7 Å². The molecule has 5 atom stereocenters. The van der Waals surface area contributed by atoms with Gasteiger partial charge in [-0.3, -0.25) is 14.4 Å². The molecule has 1 saturated carbocycles. The predicted molar refractivity (Wildman–Crippen MR) is 75.1 cm³/mol. The monoisotopic (exact) mass is 330 g/mol. The van der Waals surface area contributed by atoms with Gasteiger partial charge < -0.3 is 23.7 Å². The second-order valence-corrected chi connectivity index (χ2v) is 6.15. The van der Waals surface area contributed by atoms with Gasteiger partial charge in [-0.25, -0.2) is 0 Å². The molecule has 23 heavy (non-hydrogen) atoms. The number of carbonyl (C=O) groups is 3. The lowest BCUT2D eigenvalue weighted by molar-refractivity contribution is -0.188. The summed E-state index contributed by atoms with van der Waals surface area (Å²) in [5.74, 6) is -3.33. The molecule has 130 valence electrons. The minimum absolute atomic E-state index is 0.130. The molecule has 1 saturated heterocycles. The maximum Gasteiger partial charge on any atom is 0.312 e. The van der Waals surface area contributed by atoms with Gasteiger partial charge in [0.2, 0.25) is 0 Å². The number of hydrogen-bond donors (Lipinski definition) is 0. The molecule has 2 fully saturated rings. The van der Waals surface area contributed by atoms with Gasteiger partial charge in [-0.15, -0.1) is 0 Å². The Labute approximate surface area is 134 Å². The molecule has 0 radical (unpaired) electrons. The Bertz CT molecular complexity index is 500. The first-order valence-corrected chi connectivity index (χ1v) is 7.42. The Kier molecular flexibility index (Phi) is 4.95. The van der Waals surface area contributed by atoms with E-state index in [0.717, 1.165) is 0 Å². The highest BCUT2D eigenvalue weighted by Crippen LogP contribution is 2.42. The van der Waals surface area contributed by atoms with Crippen molar-refractivity contribution in [1.82, 2.24) is 0 Å². The van der Waals surface area contributed by atoms with Crippen molar-refractivity contribution in [2.75, 3.05) is 7.11 Å². The van der Waals surface area contributed by atoms with Crippen LogP contribution in [-0.4, -0.2) is 55.2 Å². The van der Waals surface area contributed by atoms with E-state index in [2.05, 4.69) is 0 Å². The SMILES string of the molecule is COC(=O)C1CC(OC(C)=O)C2OC(C)(C)OC2C1OC(C)=O. The van der Waals surface area contributed by atoms with Crippen LogP contribution in [0.1, 0.15) is 34.1 Å². The lowest BCUT2D eigenvalue weighted by atomic mass is 9.80. The summed E-state index contributed by atoms with van der Waals surface area (Å²) in [6.45, 7) is 5.94. The van der Waals surface area contributed by atoms with Gasteiger partial charge in [0.15, 0.2) is 5.79 Å². The van der Waals surface area contributed by atoms with Crippen LogP contribution in [0.2, 0.25) is 0 Å². The molecule has 1 aliphatic heterocycles. The van der Waals surface area contributed by atoms with Crippen LogP contribution in [-0.2, 0) is 38.1 Å². The number of esters is 3. The molecule has 0 N–H and O–H groups in total. The Balaban J connectivity index is 2.34. The molecule has 1 aliphatic carbocycles. The zero-order chi connectivity index (χ0) is 17.4. The van der Waals surface area contributed by atoms with Crippen molar-refractivity contribution in [3.63, 3.8) is 0 Å². The van der Waals surface area contributed by atoms with Crippen molar-refractivity contribution in [1.29, 1.82) is 0 Å². The molecular weight excluding hydrogens is 308 g/mol. The molecule has 8 heteroatoms. The van der Waals surface area contributed by atoms with E-state index in [1.54, 1.807) is 13.8 Å². The van der Waals surface area contributed by atoms with Crippen LogP contribution in [0.15, 0.2) is 0 Å². The molecule has 0 aromatic heterocycles. The first-order valence-electron chi connectivity index (χ1n) is 7.42. The standard InChI is InChI=1S/C15H22O8/c1-7(16)20-10-6-9(14(18)19-5)11(21-8(2)17)13-12(10)22-15(3,4)23-13/h9-13H,6H2,1-5H3. The van der Waals surface area contributed by atoms with Crippen molar-refractivity contribution in [3.8, 4) is 0 Å². The molecule has 0 spiro atoms. The third-order valence-electron chi connectivity index (χ3n) is 3.86. The summed E-state index contributed by atoms with van der Waals surface area (Å²) in [5, 5.41) is 0. The fraction of sp³-hybridized carbons (Fsp3) is 0.800. The molecule has 2 rings (SSSR count). The molecule has 0 aromatic carbocycles. The van der Waals surface area contributed by atoms with Crippen LogP contribution in [0.5, 0.6) is 0 Å². The van der Waals surface area contributed by atoms with Gasteiger partial charge in [0.1, 0.15) is 30.3 Å². The molecule has 0 bridgehead atoms. The Morgan fingerprint density at radius 3 is 2.09 bits per heavy atom. The molecule has 2 aliphatic rings. The highest BCUT2D eigenvalue weighted by molar-refractivity contribution is 5.75. The topological polar surface area (TPSA) is 97.4 Å². The summed E-state index contributed by atoms with van der Waals surface area (Å²) >= 11 is 0. The number of rotatable bonds is 3. The lowest BCUT2D eigenvalue weighted by Gasteiger charge is -2.39. The smallest absolute Gasteiger partial charge is 0.312 e. The van der Waals surface area contributed by atoms with E-state index in [1.165, 1.54) is 21.0 Å².